The molecular weight excluding hydrogens is 346 g/mol. The average molecular weight is 369 g/mol. The maximum atomic E-state index is 13.0. The number of rotatable bonds is 5. The third-order valence-corrected chi connectivity index (χ3v) is 5.68. The summed E-state index contributed by atoms with van der Waals surface area (Å²) < 4.78 is 5.25. The fourth-order valence-electron chi connectivity index (χ4n) is 3.30. The Hall–Kier alpha value is -2.27. The van der Waals surface area contributed by atoms with Crippen LogP contribution in [0.1, 0.15) is 35.3 Å². The van der Waals surface area contributed by atoms with Crippen molar-refractivity contribution in [2.24, 2.45) is 0 Å². The Morgan fingerprint density at radius 2 is 1.77 bits per heavy atom. The highest BCUT2D eigenvalue weighted by Gasteiger charge is 2.44. The van der Waals surface area contributed by atoms with E-state index in [0.29, 0.717) is 24.3 Å². The number of nitrogens with zero attached hydrogens (tertiary/aromatic N) is 1. The van der Waals surface area contributed by atoms with Gasteiger partial charge in [0, 0.05) is 17.0 Å². The van der Waals surface area contributed by atoms with Crippen molar-refractivity contribution >= 4 is 23.6 Å². The SMILES string of the molecule is COc1ccc2c(c1)C(=O)N(CCc1ccc(SC)cc1)C(=O)C2(C)C. The molecule has 0 atom stereocenters. The molecule has 1 aliphatic rings. The number of hydrogen-bond acceptors (Lipinski definition) is 4. The molecule has 136 valence electrons. The Balaban J connectivity index is 1.87. The minimum Gasteiger partial charge on any atom is -0.497 e. The molecule has 0 aromatic heterocycles. The van der Waals surface area contributed by atoms with E-state index >= 15 is 0 Å². The summed E-state index contributed by atoms with van der Waals surface area (Å²) in [6.45, 7) is 4.11. The number of methoxy groups -OCH3 is 1. The standard InChI is InChI=1S/C21H23NO3S/c1-21(2)18-10-7-15(25-3)13-17(18)19(23)22(20(21)24)12-11-14-5-8-16(26-4)9-6-14/h5-10,13H,11-12H2,1-4H3. The normalized spacial score (nSPS) is 15.8. The molecule has 0 bridgehead atoms. The molecule has 2 aromatic carbocycles. The molecule has 1 heterocycles. The van der Waals surface area contributed by atoms with Crippen molar-refractivity contribution in [3.63, 3.8) is 0 Å². The Labute approximate surface area is 158 Å². The maximum absolute atomic E-state index is 13.0. The second-order valence-electron chi connectivity index (χ2n) is 6.90. The first-order chi connectivity index (χ1) is 12.4. The Kier molecular flexibility index (Phi) is 5.10. The lowest BCUT2D eigenvalue weighted by atomic mass is 9.77. The molecule has 3 rings (SSSR count). The zero-order valence-corrected chi connectivity index (χ0v) is 16.4. The molecule has 0 fully saturated rings. The molecule has 0 radical (unpaired) electrons. The summed E-state index contributed by atoms with van der Waals surface area (Å²) in [6, 6.07) is 13.6. The molecule has 0 spiro atoms. The number of ether oxygens (including phenoxy) is 1. The van der Waals surface area contributed by atoms with Crippen molar-refractivity contribution < 1.29 is 14.3 Å². The highest BCUT2D eigenvalue weighted by molar-refractivity contribution is 7.98. The van der Waals surface area contributed by atoms with E-state index < -0.39 is 5.41 Å². The van der Waals surface area contributed by atoms with Crippen LogP contribution in [0.5, 0.6) is 5.75 Å². The smallest absolute Gasteiger partial charge is 0.260 e. The largest absolute Gasteiger partial charge is 0.497 e. The Bertz CT molecular complexity index is 843. The minimum absolute atomic E-state index is 0.152. The lowest BCUT2D eigenvalue weighted by Crippen LogP contribution is -2.52. The summed E-state index contributed by atoms with van der Waals surface area (Å²) in [5, 5.41) is 0. The van der Waals surface area contributed by atoms with E-state index in [0.717, 1.165) is 11.1 Å². The second-order valence-corrected chi connectivity index (χ2v) is 7.78. The number of hydrogen-bond donors (Lipinski definition) is 0. The van der Waals surface area contributed by atoms with Gasteiger partial charge in [0.15, 0.2) is 0 Å². The van der Waals surface area contributed by atoms with Crippen LogP contribution in [0.4, 0.5) is 0 Å². The monoisotopic (exact) mass is 369 g/mol. The van der Waals surface area contributed by atoms with Gasteiger partial charge in [-0.25, -0.2) is 0 Å². The number of thioether (sulfide) groups is 1. The number of imide groups is 1. The number of carbonyl (C=O) groups is 2. The predicted octanol–water partition coefficient (Wildman–Crippen LogP) is 3.92. The van der Waals surface area contributed by atoms with Gasteiger partial charge in [0.2, 0.25) is 5.91 Å². The molecule has 0 aliphatic carbocycles. The predicted molar refractivity (Wildman–Crippen MR) is 104 cm³/mol. The molecule has 1 aliphatic heterocycles. The van der Waals surface area contributed by atoms with E-state index in [1.165, 1.54) is 9.80 Å². The Morgan fingerprint density at radius 3 is 2.38 bits per heavy atom. The minimum atomic E-state index is -0.738. The van der Waals surface area contributed by atoms with Crippen LogP contribution in [0, 0.1) is 0 Å². The van der Waals surface area contributed by atoms with Crippen molar-refractivity contribution in [2.45, 2.75) is 30.6 Å². The van der Waals surface area contributed by atoms with Crippen LogP contribution in [0.3, 0.4) is 0 Å². The first-order valence-corrected chi connectivity index (χ1v) is 9.78. The van der Waals surface area contributed by atoms with E-state index in [1.54, 1.807) is 31.0 Å². The summed E-state index contributed by atoms with van der Waals surface area (Å²) in [4.78, 5) is 28.5. The van der Waals surface area contributed by atoms with E-state index in [1.807, 2.05) is 38.3 Å². The van der Waals surface area contributed by atoms with Gasteiger partial charge in [-0.3, -0.25) is 14.5 Å². The third-order valence-electron chi connectivity index (χ3n) is 4.94. The molecule has 0 N–H and O–H groups in total. The van der Waals surface area contributed by atoms with Crippen LogP contribution < -0.4 is 4.74 Å². The van der Waals surface area contributed by atoms with E-state index in [2.05, 4.69) is 12.1 Å². The van der Waals surface area contributed by atoms with Gasteiger partial charge < -0.3 is 4.74 Å². The third kappa shape index (κ3) is 3.23. The summed E-state index contributed by atoms with van der Waals surface area (Å²) in [7, 11) is 1.57. The van der Waals surface area contributed by atoms with Crippen LogP contribution in [0.15, 0.2) is 47.4 Å². The van der Waals surface area contributed by atoms with Crippen molar-refractivity contribution in [1.29, 1.82) is 0 Å². The molecule has 0 saturated carbocycles. The summed E-state index contributed by atoms with van der Waals surface area (Å²) in [6.07, 6.45) is 2.68. The van der Waals surface area contributed by atoms with Gasteiger partial charge in [0.05, 0.1) is 12.5 Å². The van der Waals surface area contributed by atoms with E-state index in [-0.39, 0.29) is 11.8 Å². The average Bonchev–Trinajstić information content (AvgIpc) is 2.66. The lowest BCUT2D eigenvalue weighted by Gasteiger charge is -2.37. The first-order valence-electron chi connectivity index (χ1n) is 8.56. The highest BCUT2D eigenvalue weighted by Crippen LogP contribution is 2.36. The number of benzene rings is 2. The van der Waals surface area contributed by atoms with E-state index in [4.69, 9.17) is 4.74 Å². The van der Waals surface area contributed by atoms with Gasteiger partial charge in [0.25, 0.3) is 5.91 Å². The zero-order valence-electron chi connectivity index (χ0n) is 15.5. The van der Waals surface area contributed by atoms with Crippen LogP contribution in [0.25, 0.3) is 0 Å². The molecule has 26 heavy (non-hydrogen) atoms. The van der Waals surface area contributed by atoms with Crippen LogP contribution in [0.2, 0.25) is 0 Å². The maximum Gasteiger partial charge on any atom is 0.260 e. The van der Waals surface area contributed by atoms with Crippen LogP contribution in [-0.4, -0.2) is 36.6 Å². The molecule has 4 nitrogen and oxygen atoms in total. The van der Waals surface area contributed by atoms with Gasteiger partial charge in [-0.2, -0.15) is 0 Å². The number of carbonyl (C=O) groups excluding carboxylic acids is 2. The molecule has 0 unspecified atom stereocenters. The molecule has 2 amide bonds. The summed E-state index contributed by atoms with van der Waals surface area (Å²) in [5.74, 6) is 0.222. The molecule has 2 aromatic rings. The molecule has 0 saturated heterocycles. The highest BCUT2D eigenvalue weighted by atomic mass is 32.2. The summed E-state index contributed by atoms with van der Waals surface area (Å²) >= 11 is 1.69. The van der Waals surface area contributed by atoms with Crippen LogP contribution in [-0.2, 0) is 16.6 Å². The zero-order chi connectivity index (χ0) is 18.9. The lowest BCUT2D eigenvalue weighted by molar-refractivity contribution is -0.134. The van der Waals surface area contributed by atoms with Crippen molar-refractivity contribution in [3.8, 4) is 5.75 Å². The van der Waals surface area contributed by atoms with Gasteiger partial charge in [-0.15, -0.1) is 11.8 Å². The first kappa shape index (κ1) is 18.5. The fraction of sp³-hybridized carbons (Fsp3) is 0.333. The Morgan fingerprint density at radius 1 is 1.08 bits per heavy atom. The summed E-state index contributed by atoms with van der Waals surface area (Å²) in [5.41, 5.74) is 1.68. The van der Waals surface area contributed by atoms with Gasteiger partial charge in [-0.1, -0.05) is 18.2 Å². The van der Waals surface area contributed by atoms with Crippen molar-refractivity contribution in [3.05, 3.63) is 59.2 Å². The number of amides is 2. The topological polar surface area (TPSA) is 46.6 Å². The van der Waals surface area contributed by atoms with Gasteiger partial charge in [-0.05, 0) is 61.9 Å². The second kappa shape index (κ2) is 7.16. The number of fused-ring (bicyclic) bond motifs is 1. The van der Waals surface area contributed by atoms with Crippen molar-refractivity contribution in [1.82, 2.24) is 4.90 Å². The molecular formula is C21H23NO3S. The quantitative estimate of drug-likeness (QED) is 0.592. The van der Waals surface area contributed by atoms with Gasteiger partial charge >= 0.3 is 0 Å². The fourth-order valence-corrected chi connectivity index (χ4v) is 3.71. The van der Waals surface area contributed by atoms with Crippen molar-refractivity contribution in [2.75, 3.05) is 19.9 Å². The van der Waals surface area contributed by atoms with Crippen LogP contribution >= 0.6 is 11.8 Å². The molecule has 5 heteroatoms. The van der Waals surface area contributed by atoms with Gasteiger partial charge in [0.1, 0.15) is 5.75 Å². The van der Waals surface area contributed by atoms with E-state index in [9.17, 15) is 9.59 Å².